The molecule has 0 fully saturated rings. The largest absolute Gasteiger partial charge is 0.342 e. The highest BCUT2D eigenvalue weighted by molar-refractivity contribution is 8.60. The predicted molar refractivity (Wildman–Crippen MR) is 42.3 cm³/mol. The fourth-order valence-corrected chi connectivity index (χ4v) is 1.43. The summed E-state index contributed by atoms with van der Waals surface area (Å²) in [5.74, 6) is 0. The Morgan fingerprint density at radius 2 is 2.29 bits per heavy atom. The van der Waals surface area contributed by atoms with E-state index in [1.807, 2.05) is 0 Å². The summed E-state index contributed by atoms with van der Waals surface area (Å²) in [7, 11) is 0. The normalized spacial score (nSPS) is 17.4. The van der Waals surface area contributed by atoms with Gasteiger partial charge in [0, 0.05) is 0 Å². The molecule has 0 rings (SSSR count). The molecule has 0 aliphatic heterocycles. The van der Waals surface area contributed by atoms with Gasteiger partial charge in [-0.05, 0) is 11.8 Å². The molecular formula is CH4NOPS3. The van der Waals surface area contributed by atoms with Gasteiger partial charge in [0.2, 0.25) is 5.62 Å². The minimum Gasteiger partial charge on any atom is -0.342 e. The molecule has 0 aliphatic rings. The van der Waals surface area contributed by atoms with E-state index in [9.17, 15) is 0 Å². The smallest absolute Gasteiger partial charge is 0.205 e. The summed E-state index contributed by atoms with van der Waals surface area (Å²) in [6.07, 6.45) is 0. The van der Waals surface area contributed by atoms with E-state index >= 15 is 0 Å². The molecule has 0 aromatic heterocycles. The van der Waals surface area contributed by atoms with Crippen molar-refractivity contribution in [2.24, 2.45) is 0 Å². The Bertz CT molecular complexity index is 108. The predicted octanol–water partition coefficient (Wildman–Crippen LogP) is 0.680. The van der Waals surface area contributed by atoms with E-state index in [0.717, 1.165) is 5.49 Å². The molecule has 0 heterocycles. The zero-order valence-electron chi connectivity index (χ0n) is 3.24. The highest BCUT2D eigenvalue weighted by Crippen LogP contribution is 2.39. The highest BCUT2D eigenvalue weighted by atomic mass is 32.9. The molecule has 1 atom stereocenters. The minimum atomic E-state index is -2.55. The van der Waals surface area contributed by atoms with Gasteiger partial charge in [-0.1, -0.05) is 24.5 Å². The van der Waals surface area contributed by atoms with Gasteiger partial charge in [-0.25, -0.2) is 0 Å². The van der Waals surface area contributed by atoms with Crippen molar-refractivity contribution in [1.29, 1.82) is 0 Å². The lowest BCUT2D eigenvalue weighted by Gasteiger charge is -2.02. The molecule has 7 heavy (non-hydrogen) atoms. The average Bonchev–Trinajstić information content (AvgIpc) is 1.30. The monoisotopic (exact) mass is 173 g/mol. The van der Waals surface area contributed by atoms with Gasteiger partial charge in [-0.15, -0.1) is 0 Å². The molecule has 0 aliphatic carbocycles. The first-order valence-corrected chi connectivity index (χ1v) is 5.71. The van der Waals surface area contributed by atoms with Crippen molar-refractivity contribution in [3.8, 4) is 0 Å². The van der Waals surface area contributed by atoms with Crippen molar-refractivity contribution in [3.63, 3.8) is 0 Å². The van der Waals surface area contributed by atoms with Crippen LogP contribution in [-0.4, -0.2) is 10.4 Å². The maximum atomic E-state index is 8.60. The molecule has 0 spiro atoms. The van der Waals surface area contributed by atoms with Gasteiger partial charge in [0.15, 0.2) is 0 Å². The van der Waals surface area contributed by atoms with Crippen molar-refractivity contribution in [2.45, 2.75) is 0 Å². The van der Waals surface area contributed by atoms with E-state index in [4.69, 9.17) is 4.89 Å². The van der Waals surface area contributed by atoms with Crippen LogP contribution in [0, 0.1) is 0 Å². The second-order valence-corrected chi connectivity index (χ2v) is 6.51. The molecule has 2 nitrogen and oxygen atoms in total. The Hall–Kier alpha value is 0.850. The number of thiocarbonyl (C=S) groups is 1. The van der Waals surface area contributed by atoms with Crippen LogP contribution in [0.25, 0.3) is 0 Å². The molecule has 1 unspecified atom stereocenters. The van der Waals surface area contributed by atoms with Crippen LogP contribution in [0.15, 0.2) is 0 Å². The minimum absolute atomic E-state index is 1.16. The van der Waals surface area contributed by atoms with Crippen molar-refractivity contribution in [3.05, 3.63) is 0 Å². The third-order valence-corrected chi connectivity index (χ3v) is 1.64. The maximum absolute atomic E-state index is 8.60. The number of thiol groups is 1. The molecule has 2 N–H and O–H groups in total. The third-order valence-electron chi connectivity index (χ3n) is 0.221. The molecule has 0 saturated carbocycles. The summed E-state index contributed by atoms with van der Waals surface area (Å²) in [5.41, 5.74) is -1.39. The second-order valence-electron chi connectivity index (χ2n) is 0.791. The van der Waals surface area contributed by atoms with Crippen molar-refractivity contribution < 1.29 is 4.89 Å². The number of hydrogen-bond donors (Lipinski definition) is 3. The van der Waals surface area contributed by atoms with Gasteiger partial charge in [-0.3, -0.25) is 0 Å². The van der Waals surface area contributed by atoms with Crippen LogP contribution in [0.5, 0.6) is 0 Å². The molecule has 0 saturated heterocycles. The Morgan fingerprint density at radius 3 is 2.29 bits per heavy atom. The lowest BCUT2D eigenvalue weighted by molar-refractivity contribution is 0.635. The first-order valence-electron chi connectivity index (χ1n) is 1.33. The van der Waals surface area contributed by atoms with Gasteiger partial charge in [-0.2, -0.15) is 0 Å². The number of nitrogens with one attached hydrogen (secondary N) is 1. The molecule has 0 radical (unpaired) electrons. The van der Waals surface area contributed by atoms with Crippen molar-refractivity contribution in [1.82, 2.24) is 5.09 Å². The van der Waals surface area contributed by atoms with E-state index in [2.05, 4.69) is 41.4 Å². The Kier molecular flexibility index (Phi) is 3.36. The van der Waals surface area contributed by atoms with Crippen molar-refractivity contribution in [2.75, 3.05) is 0 Å². The van der Waals surface area contributed by atoms with Gasteiger partial charge in [0.05, 0.1) is 5.49 Å². The lowest BCUT2D eigenvalue weighted by atomic mass is 11.6. The number of hydrogen-bond acceptors (Lipinski definition) is 2. The van der Waals surface area contributed by atoms with Gasteiger partial charge >= 0.3 is 0 Å². The summed E-state index contributed by atoms with van der Waals surface area (Å²) in [4.78, 5) is 8.60. The average molecular weight is 173 g/mol. The Labute approximate surface area is 57.6 Å². The van der Waals surface area contributed by atoms with Crippen LogP contribution in [0.3, 0.4) is 0 Å². The summed E-state index contributed by atoms with van der Waals surface area (Å²) in [6, 6.07) is 0. The Morgan fingerprint density at radius 1 is 1.86 bits per heavy atom. The van der Waals surface area contributed by atoms with E-state index in [0.29, 0.717) is 0 Å². The molecule has 0 bridgehead atoms. The summed E-state index contributed by atoms with van der Waals surface area (Å²) >= 11 is 12.3. The van der Waals surface area contributed by atoms with Crippen LogP contribution in [0.1, 0.15) is 0 Å². The first-order chi connectivity index (χ1) is 3.06. The van der Waals surface area contributed by atoms with Crippen LogP contribution in [-0.2, 0) is 11.8 Å². The molecule has 0 aromatic rings. The van der Waals surface area contributed by atoms with Crippen LogP contribution >= 0.6 is 30.1 Å². The zero-order valence-corrected chi connectivity index (χ0v) is 6.66. The summed E-state index contributed by atoms with van der Waals surface area (Å²) in [6.45, 7) is 0. The molecular weight excluding hydrogens is 169 g/mol. The molecule has 6 heteroatoms. The van der Waals surface area contributed by atoms with Gasteiger partial charge in [0.1, 0.15) is 0 Å². The SMILES string of the molecule is OP(=S)(S)NC=S. The van der Waals surface area contributed by atoms with Crippen LogP contribution in [0.4, 0.5) is 0 Å². The van der Waals surface area contributed by atoms with E-state index in [1.165, 1.54) is 0 Å². The Balaban J connectivity index is 3.57. The quantitative estimate of drug-likeness (QED) is 0.326. The highest BCUT2D eigenvalue weighted by Gasteiger charge is 1.97. The first kappa shape index (κ1) is 7.85. The standard InChI is InChI=1S/CH4NOPS3/c3-4(6,7)2-1-5/h1H,(H3,2,3,5,6,7). The van der Waals surface area contributed by atoms with E-state index in [-0.39, 0.29) is 0 Å². The summed E-state index contributed by atoms with van der Waals surface area (Å²) in [5, 5.41) is 2.32. The fraction of sp³-hybridized carbons (Fsp3) is 0. The van der Waals surface area contributed by atoms with Crippen LogP contribution in [0.2, 0.25) is 0 Å². The van der Waals surface area contributed by atoms with Gasteiger partial charge in [0.25, 0.3) is 0 Å². The summed E-state index contributed by atoms with van der Waals surface area (Å²) < 4.78 is 0. The lowest BCUT2D eigenvalue weighted by Crippen LogP contribution is -1.98. The number of rotatable bonds is 2. The third kappa shape index (κ3) is 6.85. The molecule has 0 aromatic carbocycles. The van der Waals surface area contributed by atoms with Gasteiger partial charge < -0.3 is 9.98 Å². The topological polar surface area (TPSA) is 32.3 Å². The maximum Gasteiger partial charge on any atom is 0.205 e. The van der Waals surface area contributed by atoms with E-state index < -0.39 is 5.62 Å². The molecule has 42 valence electrons. The zero-order chi connectivity index (χ0) is 5.91. The van der Waals surface area contributed by atoms with Crippen molar-refractivity contribution >= 4 is 47.4 Å². The fourth-order valence-electron chi connectivity index (χ4n) is 0.0687. The molecule has 0 amide bonds. The van der Waals surface area contributed by atoms with E-state index in [1.54, 1.807) is 0 Å². The van der Waals surface area contributed by atoms with Crippen LogP contribution < -0.4 is 5.09 Å². The second kappa shape index (κ2) is 2.99.